The summed E-state index contributed by atoms with van der Waals surface area (Å²) < 4.78 is 0. The molecule has 2 atom stereocenters. The Kier molecular flexibility index (Phi) is 4.36. The van der Waals surface area contributed by atoms with Gasteiger partial charge in [0.05, 0.1) is 5.01 Å². The summed E-state index contributed by atoms with van der Waals surface area (Å²) in [5, 5.41) is 7.00. The summed E-state index contributed by atoms with van der Waals surface area (Å²) in [5.41, 5.74) is 0. The van der Waals surface area contributed by atoms with Crippen LogP contribution in [0.25, 0.3) is 0 Å². The molecule has 2 rings (SSSR count). The minimum Gasteiger partial charge on any atom is -0.313 e. The molecule has 0 amide bonds. The quantitative estimate of drug-likeness (QED) is 0.850. The zero-order valence-electron chi connectivity index (χ0n) is 10.3. The van der Waals surface area contributed by atoms with Gasteiger partial charge in [0.2, 0.25) is 0 Å². The standard InChI is InChI=1S/C13H22N2S/c1-10(13-14-7-8-16-13)9-15-11(2)12-5-3-4-6-12/h7-8,10-12,15H,3-6,9H2,1-2H3. The van der Waals surface area contributed by atoms with Crippen molar-refractivity contribution < 1.29 is 0 Å². The van der Waals surface area contributed by atoms with E-state index < -0.39 is 0 Å². The summed E-state index contributed by atoms with van der Waals surface area (Å²) in [6.07, 6.45) is 7.59. The van der Waals surface area contributed by atoms with E-state index in [1.165, 1.54) is 30.7 Å². The molecule has 1 fully saturated rings. The highest BCUT2D eigenvalue weighted by atomic mass is 32.1. The van der Waals surface area contributed by atoms with Crippen molar-refractivity contribution in [2.45, 2.75) is 51.5 Å². The minimum atomic E-state index is 0.545. The Labute approximate surface area is 102 Å². The lowest BCUT2D eigenvalue weighted by atomic mass is 9.99. The second kappa shape index (κ2) is 5.78. The van der Waals surface area contributed by atoms with Crippen molar-refractivity contribution in [2.75, 3.05) is 6.54 Å². The van der Waals surface area contributed by atoms with Crippen LogP contribution >= 0.6 is 11.3 Å². The van der Waals surface area contributed by atoms with Gasteiger partial charge in [-0.3, -0.25) is 0 Å². The van der Waals surface area contributed by atoms with Crippen LogP contribution in [0.3, 0.4) is 0 Å². The maximum atomic E-state index is 4.37. The first kappa shape index (κ1) is 12.1. The van der Waals surface area contributed by atoms with Crippen LogP contribution in [0.15, 0.2) is 11.6 Å². The molecule has 0 aromatic carbocycles. The van der Waals surface area contributed by atoms with Crippen molar-refractivity contribution in [1.29, 1.82) is 0 Å². The Bertz CT molecular complexity index is 291. The van der Waals surface area contributed by atoms with Gasteiger partial charge in [0.1, 0.15) is 0 Å². The average molecular weight is 238 g/mol. The molecule has 16 heavy (non-hydrogen) atoms. The van der Waals surface area contributed by atoms with Gasteiger partial charge in [-0.05, 0) is 25.7 Å². The van der Waals surface area contributed by atoms with Crippen LogP contribution in [0, 0.1) is 5.92 Å². The molecule has 0 radical (unpaired) electrons. The second-order valence-corrected chi connectivity index (χ2v) is 5.94. The van der Waals surface area contributed by atoms with Gasteiger partial charge < -0.3 is 5.32 Å². The van der Waals surface area contributed by atoms with E-state index in [1.807, 2.05) is 6.20 Å². The normalized spacial score (nSPS) is 21.1. The SMILES string of the molecule is CC(CNC(C)C1CCCC1)c1nccs1. The zero-order valence-corrected chi connectivity index (χ0v) is 11.1. The first-order valence-corrected chi connectivity index (χ1v) is 7.28. The fourth-order valence-corrected chi connectivity index (χ4v) is 3.25. The van der Waals surface area contributed by atoms with Crippen molar-refractivity contribution in [1.82, 2.24) is 10.3 Å². The zero-order chi connectivity index (χ0) is 11.4. The molecular weight excluding hydrogens is 216 g/mol. The van der Waals surface area contributed by atoms with Crippen LogP contribution < -0.4 is 5.32 Å². The molecule has 1 saturated carbocycles. The molecular formula is C13H22N2S. The molecule has 90 valence electrons. The molecule has 0 spiro atoms. The molecule has 2 unspecified atom stereocenters. The second-order valence-electron chi connectivity index (χ2n) is 5.01. The largest absolute Gasteiger partial charge is 0.313 e. The van der Waals surface area contributed by atoms with E-state index in [2.05, 4.69) is 29.5 Å². The van der Waals surface area contributed by atoms with Gasteiger partial charge in [-0.25, -0.2) is 4.98 Å². The minimum absolute atomic E-state index is 0.545. The number of hydrogen-bond acceptors (Lipinski definition) is 3. The maximum absolute atomic E-state index is 4.37. The summed E-state index contributed by atoms with van der Waals surface area (Å²) in [4.78, 5) is 4.37. The Morgan fingerprint density at radius 3 is 2.81 bits per heavy atom. The fraction of sp³-hybridized carbons (Fsp3) is 0.769. The molecule has 2 nitrogen and oxygen atoms in total. The monoisotopic (exact) mass is 238 g/mol. The summed E-state index contributed by atoms with van der Waals surface area (Å²) >= 11 is 1.76. The Hall–Kier alpha value is -0.410. The summed E-state index contributed by atoms with van der Waals surface area (Å²) in [6.45, 7) is 5.66. The lowest BCUT2D eigenvalue weighted by Gasteiger charge is -2.22. The van der Waals surface area contributed by atoms with Gasteiger partial charge in [0.15, 0.2) is 0 Å². The summed E-state index contributed by atoms with van der Waals surface area (Å²) in [7, 11) is 0. The molecule has 1 aliphatic rings. The summed E-state index contributed by atoms with van der Waals surface area (Å²) in [5.74, 6) is 1.45. The lowest BCUT2D eigenvalue weighted by Crippen LogP contribution is -2.34. The third-order valence-corrected chi connectivity index (χ3v) is 4.73. The molecule has 1 aromatic heterocycles. The van der Waals surface area contributed by atoms with Gasteiger partial charge in [-0.2, -0.15) is 0 Å². The van der Waals surface area contributed by atoms with Crippen molar-refractivity contribution >= 4 is 11.3 Å². The van der Waals surface area contributed by atoms with Crippen LogP contribution in [0.5, 0.6) is 0 Å². The lowest BCUT2D eigenvalue weighted by molar-refractivity contribution is 0.375. The van der Waals surface area contributed by atoms with E-state index in [-0.39, 0.29) is 0 Å². The topological polar surface area (TPSA) is 24.9 Å². The highest BCUT2D eigenvalue weighted by Crippen LogP contribution is 2.27. The van der Waals surface area contributed by atoms with E-state index in [4.69, 9.17) is 0 Å². The van der Waals surface area contributed by atoms with Crippen molar-refractivity contribution in [3.8, 4) is 0 Å². The number of nitrogens with zero attached hydrogens (tertiary/aromatic N) is 1. The van der Waals surface area contributed by atoms with Gasteiger partial charge in [-0.15, -0.1) is 11.3 Å². The van der Waals surface area contributed by atoms with Crippen molar-refractivity contribution in [2.24, 2.45) is 5.92 Å². The fourth-order valence-electron chi connectivity index (χ4n) is 2.55. The van der Waals surface area contributed by atoms with Gasteiger partial charge >= 0.3 is 0 Å². The molecule has 0 bridgehead atoms. The first-order valence-electron chi connectivity index (χ1n) is 6.40. The van der Waals surface area contributed by atoms with Gasteiger partial charge in [0, 0.05) is 30.1 Å². The Balaban J connectivity index is 1.74. The van der Waals surface area contributed by atoms with Crippen LogP contribution in [-0.4, -0.2) is 17.6 Å². The number of rotatable bonds is 5. The summed E-state index contributed by atoms with van der Waals surface area (Å²) in [6, 6.07) is 0.671. The highest BCUT2D eigenvalue weighted by Gasteiger charge is 2.21. The predicted molar refractivity (Wildman–Crippen MR) is 70.0 cm³/mol. The Morgan fingerprint density at radius 2 is 2.19 bits per heavy atom. The Morgan fingerprint density at radius 1 is 1.44 bits per heavy atom. The molecule has 3 heteroatoms. The molecule has 0 saturated heterocycles. The number of thiazole rings is 1. The molecule has 1 aromatic rings. The third-order valence-electron chi connectivity index (χ3n) is 3.73. The molecule has 1 N–H and O–H groups in total. The number of aromatic nitrogens is 1. The third kappa shape index (κ3) is 3.05. The van der Waals surface area contributed by atoms with Crippen LogP contribution in [0.4, 0.5) is 0 Å². The average Bonchev–Trinajstić information content (AvgIpc) is 2.95. The van der Waals surface area contributed by atoms with E-state index in [0.29, 0.717) is 12.0 Å². The highest BCUT2D eigenvalue weighted by molar-refractivity contribution is 7.09. The van der Waals surface area contributed by atoms with Crippen LogP contribution in [0.2, 0.25) is 0 Å². The number of hydrogen-bond donors (Lipinski definition) is 1. The number of nitrogens with one attached hydrogen (secondary N) is 1. The van der Waals surface area contributed by atoms with E-state index in [1.54, 1.807) is 11.3 Å². The van der Waals surface area contributed by atoms with Crippen LogP contribution in [-0.2, 0) is 0 Å². The van der Waals surface area contributed by atoms with Crippen LogP contribution in [0.1, 0.15) is 50.5 Å². The van der Waals surface area contributed by atoms with Crippen molar-refractivity contribution in [3.05, 3.63) is 16.6 Å². The van der Waals surface area contributed by atoms with Gasteiger partial charge in [-0.1, -0.05) is 19.8 Å². The molecule has 0 aliphatic heterocycles. The van der Waals surface area contributed by atoms with E-state index in [9.17, 15) is 0 Å². The van der Waals surface area contributed by atoms with E-state index >= 15 is 0 Å². The smallest absolute Gasteiger partial charge is 0.0965 e. The first-order chi connectivity index (χ1) is 7.77. The van der Waals surface area contributed by atoms with E-state index in [0.717, 1.165) is 12.5 Å². The molecule has 1 aliphatic carbocycles. The maximum Gasteiger partial charge on any atom is 0.0965 e. The van der Waals surface area contributed by atoms with Gasteiger partial charge in [0.25, 0.3) is 0 Å². The van der Waals surface area contributed by atoms with Crippen molar-refractivity contribution in [3.63, 3.8) is 0 Å². The predicted octanol–water partition coefficient (Wildman–Crippen LogP) is 3.41. The molecule has 1 heterocycles.